The fourth-order valence-electron chi connectivity index (χ4n) is 3.22. The standard InChI is InChI=1S/C20H17NO2S/c1-3-14-17-15-11-13(23-2)9-10-16(15)21-20(22)19(17)24-18(14)12-7-5-4-6-8-12/h4-11H,3H2,1-2H3,(H,21,22). The Morgan fingerprint density at radius 1 is 1.12 bits per heavy atom. The molecule has 24 heavy (non-hydrogen) atoms. The molecule has 0 fully saturated rings. The van der Waals surface area contributed by atoms with E-state index in [-0.39, 0.29) is 5.56 Å². The first-order valence-corrected chi connectivity index (χ1v) is 8.75. The summed E-state index contributed by atoms with van der Waals surface area (Å²) in [7, 11) is 1.66. The number of thiophene rings is 1. The Kier molecular flexibility index (Phi) is 3.62. The van der Waals surface area contributed by atoms with Crippen molar-refractivity contribution in [3.8, 4) is 16.2 Å². The fourth-order valence-corrected chi connectivity index (χ4v) is 4.52. The minimum atomic E-state index is -0.0236. The van der Waals surface area contributed by atoms with Crippen molar-refractivity contribution in [2.75, 3.05) is 7.11 Å². The van der Waals surface area contributed by atoms with Gasteiger partial charge in [0.2, 0.25) is 0 Å². The van der Waals surface area contributed by atoms with E-state index < -0.39 is 0 Å². The topological polar surface area (TPSA) is 42.1 Å². The van der Waals surface area contributed by atoms with Crippen molar-refractivity contribution in [1.29, 1.82) is 0 Å². The zero-order valence-electron chi connectivity index (χ0n) is 13.6. The van der Waals surface area contributed by atoms with Gasteiger partial charge in [-0.15, -0.1) is 11.3 Å². The zero-order valence-corrected chi connectivity index (χ0v) is 14.4. The fraction of sp³-hybridized carbons (Fsp3) is 0.150. The second kappa shape index (κ2) is 5.80. The zero-order chi connectivity index (χ0) is 16.7. The van der Waals surface area contributed by atoms with E-state index >= 15 is 0 Å². The van der Waals surface area contributed by atoms with E-state index in [0.29, 0.717) is 0 Å². The first-order valence-electron chi connectivity index (χ1n) is 7.93. The molecular weight excluding hydrogens is 318 g/mol. The first kappa shape index (κ1) is 15.0. The summed E-state index contributed by atoms with van der Waals surface area (Å²) in [4.78, 5) is 16.8. The number of aryl methyl sites for hydroxylation is 1. The van der Waals surface area contributed by atoms with Gasteiger partial charge in [-0.25, -0.2) is 0 Å². The lowest BCUT2D eigenvalue weighted by Crippen LogP contribution is -2.04. The maximum Gasteiger partial charge on any atom is 0.266 e. The minimum absolute atomic E-state index is 0.0236. The van der Waals surface area contributed by atoms with Crippen molar-refractivity contribution < 1.29 is 4.74 Å². The van der Waals surface area contributed by atoms with Crippen LogP contribution in [0.1, 0.15) is 12.5 Å². The third kappa shape index (κ3) is 2.22. The van der Waals surface area contributed by atoms with Gasteiger partial charge in [0, 0.05) is 21.2 Å². The minimum Gasteiger partial charge on any atom is -0.497 e. The van der Waals surface area contributed by atoms with Gasteiger partial charge >= 0.3 is 0 Å². The highest BCUT2D eigenvalue weighted by atomic mass is 32.1. The van der Waals surface area contributed by atoms with Crippen LogP contribution in [-0.4, -0.2) is 12.1 Å². The van der Waals surface area contributed by atoms with E-state index in [4.69, 9.17) is 4.74 Å². The number of methoxy groups -OCH3 is 1. The van der Waals surface area contributed by atoms with Gasteiger partial charge < -0.3 is 9.72 Å². The van der Waals surface area contributed by atoms with Gasteiger partial charge in [0.15, 0.2) is 0 Å². The molecule has 0 radical (unpaired) electrons. The van der Waals surface area contributed by atoms with E-state index in [1.54, 1.807) is 18.4 Å². The van der Waals surface area contributed by atoms with E-state index in [1.165, 1.54) is 10.4 Å². The third-order valence-electron chi connectivity index (χ3n) is 4.35. The molecule has 0 aliphatic heterocycles. The molecule has 2 aromatic heterocycles. The molecule has 0 spiro atoms. The predicted octanol–water partition coefficient (Wildman–Crippen LogP) is 4.98. The van der Waals surface area contributed by atoms with Crippen molar-refractivity contribution in [2.24, 2.45) is 0 Å². The number of fused-ring (bicyclic) bond motifs is 3. The van der Waals surface area contributed by atoms with Crippen molar-refractivity contribution >= 4 is 32.3 Å². The summed E-state index contributed by atoms with van der Waals surface area (Å²) in [6, 6.07) is 16.1. The highest BCUT2D eigenvalue weighted by Crippen LogP contribution is 2.40. The molecule has 0 saturated heterocycles. The SMILES string of the molecule is CCc1c(-c2ccccc2)sc2c(=O)[nH]c3ccc(OC)cc3c12. The lowest BCUT2D eigenvalue weighted by Gasteiger charge is -2.06. The number of nitrogens with one attached hydrogen (secondary N) is 1. The summed E-state index contributed by atoms with van der Waals surface area (Å²) < 4.78 is 6.16. The number of hydrogen-bond donors (Lipinski definition) is 1. The summed E-state index contributed by atoms with van der Waals surface area (Å²) in [6.45, 7) is 2.14. The number of benzene rings is 2. The van der Waals surface area contributed by atoms with Crippen molar-refractivity contribution in [3.63, 3.8) is 0 Å². The van der Waals surface area contributed by atoms with Gasteiger partial charge in [-0.05, 0) is 35.7 Å². The van der Waals surface area contributed by atoms with Gasteiger partial charge in [-0.2, -0.15) is 0 Å². The van der Waals surface area contributed by atoms with Crippen LogP contribution in [0.5, 0.6) is 5.75 Å². The molecule has 4 rings (SSSR count). The quantitative estimate of drug-likeness (QED) is 0.574. The summed E-state index contributed by atoms with van der Waals surface area (Å²) in [5.74, 6) is 0.797. The number of ether oxygens (including phenoxy) is 1. The van der Waals surface area contributed by atoms with Gasteiger partial charge in [0.25, 0.3) is 5.56 Å². The number of rotatable bonds is 3. The molecule has 4 heteroatoms. The summed E-state index contributed by atoms with van der Waals surface area (Å²) in [6.07, 6.45) is 0.875. The van der Waals surface area contributed by atoms with Gasteiger partial charge in [0.05, 0.1) is 7.11 Å². The molecule has 3 nitrogen and oxygen atoms in total. The van der Waals surface area contributed by atoms with Crippen LogP contribution in [0, 0.1) is 0 Å². The Hall–Kier alpha value is -2.59. The molecule has 4 aromatic rings. The average molecular weight is 335 g/mol. The van der Waals surface area contributed by atoms with Crippen molar-refractivity contribution in [1.82, 2.24) is 4.98 Å². The van der Waals surface area contributed by atoms with E-state index in [0.717, 1.165) is 38.7 Å². The molecule has 0 aliphatic rings. The maximum atomic E-state index is 12.6. The molecule has 0 unspecified atom stereocenters. The largest absolute Gasteiger partial charge is 0.497 e. The van der Waals surface area contributed by atoms with Gasteiger partial charge in [-0.3, -0.25) is 4.79 Å². The molecule has 2 aromatic carbocycles. The second-order valence-corrected chi connectivity index (χ2v) is 6.72. The number of hydrogen-bond acceptors (Lipinski definition) is 3. The number of aromatic amines is 1. The Labute approximate surface area is 143 Å². The van der Waals surface area contributed by atoms with Crippen LogP contribution < -0.4 is 10.3 Å². The van der Waals surface area contributed by atoms with Crippen LogP contribution in [-0.2, 0) is 6.42 Å². The average Bonchev–Trinajstić information content (AvgIpc) is 3.03. The van der Waals surface area contributed by atoms with Crippen LogP contribution in [0.2, 0.25) is 0 Å². The number of H-pyrrole nitrogens is 1. The Morgan fingerprint density at radius 3 is 2.62 bits per heavy atom. The normalized spacial score (nSPS) is 11.2. The van der Waals surface area contributed by atoms with Crippen LogP contribution in [0.25, 0.3) is 31.4 Å². The smallest absolute Gasteiger partial charge is 0.266 e. The summed E-state index contributed by atoms with van der Waals surface area (Å²) >= 11 is 1.57. The highest BCUT2D eigenvalue weighted by Gasteiger charge is 2.17. The van der Waals surface area contributed by atoms with Crippen LogP contribution >= 0.6 is 11.3 Å². The molecule has 0 atom stereocenters. The molecule has 1 N–H and O–H groups in total. The molecule has 0 aliphatic carbocycles. The van der Waals surface area contributed by atoms with Crippen LogP contribution in [0.3, 0.4) is 0 Å². The van der Waals surface area contributed by atoms with E-state index in [1.807, 2.05) is 36.4 Å². The monoisotopic (exact) mass is 335 g/mol. The van der Waals surface area contributed by atoms with Gasteiger partial charge in [0.1, 0.15) is 10.4 Å². The number of aromatic nitrogens is 1. The molecule has 120 valence electrons. The molecule has 0 bridgehead atoms. The molecule has 0 saturated carbocycles. The lowest BCUT2D eigenvalue weighted by molar-refractivity contribution is 0.415. The maximum absolute atomic E-state index is 12.6. The first-order chi connectivity index (χ1) is 11.7. The number of pyridine rings is 1. The van der Waals surface area contributed by atoms with Crippen LogP contribution in [0.15, 0.2) is 53.3 Å². The predicted molar refractivity (Wildman–Crippen MR) is 101 cm³/mol. The summed E-state index contributed by atoms with van der Waals surface area (Å²) in [5, 5.41) is 2.10. The van der Waals surface area contributed by atoms with Gasteiger partial charge in [-0.1, -0.05) is 37.3 Å². The van der Waals surface area contributed by atoms with E-state index in [9.17, 15) is 4.79 Å². The molecule has 2 heterocycles. The van der Waals surface area contributed by atoms with Crippen molar-refractivity contribution in [3.05, 3.63) is 64.4 Å². The summed E-state index contributed by atoms with van der Waals surface area (Å²) in [5.41, 5.74) is 3.21. The Balaban J connectivity index is 2.17. The Morgan fingerprint density at radius 2 is 1.92 bits per heavy atom. The molecule has 0 amide bonds. The Bertz CT molecular complexity index is 1090. The third-order valence-corrected chi connectivity index (χ3v) is 5.63. The second-order valence-electron chi connectivity index (χ2n) is 5.70. The molecular formula is C20H17NO2S. The highest BCUT2D eigenvalue weighted by molar-refractivity contribution is 7.22. The van der Waals surface area contributed by atoms with Crippen LogP contribution in [0.4, 0.5) is 0 Å². The van der Waals surface area contributed by atoms with E-state index in [2.05, 4.69) is 24.0 Å². The van der Waals surface area contributed by atoms with Crippen molar-refractivity contribution in [2.45, 2.75) is 13.3 Å². The lowest BCUT2D eigenvalue weighted by atomic mass is 10.0.